The molecule has 118 valence electrons. The van der Waals surface area contributed by atoms with Gasteiger partial charge in [-0.3, -0.25) is 0 Å². The third kappa shape index (κ3) is 2.68. The molecule has 3 N–H and O–H groups in total. The van der Waals surface area contributed by atoms with Crippen LogP contribution in [0, 0.1) is 0 Å². The number of benzene rings is 2. The Hall–Kier alpha value is -2.98. The molecule has 0 saturated heterocycles. The SMILES string of the molecule is Nc1cccc(-n2ccc3c(Nc4ccc(Cl)cc4)cccc32)n1. The van der Waals surface area contributed by atoms with Crippen LogP contribution in [0.15, 0.2) is 72.9 Å². The summed E-state index contributed by atoms with van der Waals surface area (Å²) in [4.78, 5) is 4.39. The number of hydrogen-bond donors (Lipinski definition) is 2. The molecule has 0 fully saturated rings. The maximum Gasteiger partial charge on any atom is 0.139 e. The first-order valence-corrected chi connectivity index (χ1v) is 7.94. The number of rotatable bonds is 3. The minimum absolute atomic E-state index is 0.504. The number of nitrogens with zero attached hydrogens (tertiary/aromatic N) is 2. The molecule has 24 heavy (non-hydrogen) atoms. The van der Waals surface area contributed by atoms with Crippen LogP contribution < -0.4 is 11.1 Å². The summed E-state index contributed by atoms with van der Waals surface area (Å²) in [6.07, 6.45) is 2.00. The second-order valence-corrected chi connectivity index (χ2v) is 5.91. The number of anilines is 3. The third-order valence-electron chi connectivity index (χ3n) is 3.86. The summed E-state index contributed by atoms with van der Waals surface area (Å²) < 4.78 is 2.03. The van der Waals surface area contributed by atoms with Crippen molar-refractivity contribution in [3.8, 4) is 5.82 Å². The number of hydrogen-bond acceptors (Lipinski definition) is 3. The van der Waals surface area contributed by atoms with Crippen molar-refractivity contribution in [3.05, 3.63) is 77.9 Å². The molecule has 4 aromatic rings. The van der Waals surface area contributed by atoms with Crippen molar-refractivity contribution < 1.29 is 0 Å². The highest BCUT2D eigenvalue weighted by atomic mass is 35.5. The number of fused-ring (bicyclic) bond motifs is 1. The van der Waals surface area contributed by atoms with Crippen LogP contribution >= 0.6 is 11.6 Å². The Labute approximate surface area is 144 Å². The molecule has 2 aromatic heterocycles. The van der Waals surface area contributed by atoms with Crippen molar-refractivity contribution in [2.75, 3.05) is 11.1 Å². The molecular formula is C19H15ClN4. The van der Waals surface area contributed by atoms with E-state index in [0.29, 0.717) is 5.82 Å². The van der Waals surface area contributed by atoms with E-state index < -0.39 is 0 Å². The second-order valence-electron chi connectivity index (χ2n) is 5.48. The maximum absolute atomic E-state index is 5.95. The van der Waals surface area contributed by atoms with Gasteiger partial charge in [-0.2, -0.15) is 0 Å². The van der Waals surface area contributed by atoms with E-state index in [-0.39, 0.29) is 0 Å². The average Bonchev–Trinajstić information content (AvgIpc) is 3.02. The van der Waals surface area contributed by atoms with Gasteiger partial charge in [0, 0.05) is 28.0 Å². The first kappa shape index (κ1) is 14.6. The zero-order chi connectivity index (χ0) is 16.5. The van der Waals surface area contributed by atoms with E-state index >= 15 is 0 Å². The van der Waals surface area contributed by atoms with Gasteiger partial charge in [-0.15, -0.1) is 0 Å². The number of nitrogens with one attached hydrogen (secondary N) is 1. The van der Waals surface area contributed by atoms with Crippen LogP contribution in [0.2, 0.25) is 5.02 Å². The van der Waals surface area contributed by atoms with Crippen molar-refractivity contribution in [1.82, 2.24) is 9.55 Å². The molecule has 0 radical (unpaired) electrons. The fourth-order valence-electron chi connectivity index (χ4n) is 2.74. The van der Waals surface area contributed by atoms with Crippen molar-refractivity contribution in [2.45, 2.75) is 0 Å². The highest BCUT2D eigenvalue weighted by Crippen LogP contribution is 2.29. The van der Waals surface area contributed by atoms with Crippen LogP contribution in [0.4, 0.5) is 17.2 Å². The van der Waals surface area contributed by atoms with Gasteiger partial charge in [-0.25, -0.2) is 4.98 Å². The lowest BCUT2D eigenvalue weighted by atomic mass is 10.2. The summed E-state index contributed by atoms with van der Waals surface area (Å²) in [7, 11) is 0. The fraction of sp³-hybridized carbons (Fsp3) is 0. The first-order valence-electron chi connectivity index (χ1n) is 7.56. The van der Waals surface area contributed by atoms with Gasteiger partial charge in [0.1, 0.15) is 11.6 Å². The quantitative estimate of drug-likeness (QED) is 0.554. The zero-order valence-corrected chi connectivity index (χ0v) is 13.5. The summed E-state index contributed by atoms with van der Waals surface area (Å²) in [6, 6.07) is 21.5. The average molecular weight is 335 g/mol. The van der Waals surface area contributed by atoms with Crippen molar-refractivity contribution in [2.24, 2.45) is 0 Å². The van der Waals surface area contributed by atoms with Crippen LogP contribution in [-0.4, -0.2) is 9.55 Å². The number of aromatic nitrogens is 2. The topological polar surface area (TPSA) is 55.9 Å². The monoisotopic (exact) mass is 334 g/mol. The predicted octanol–water partition coefficient (Wildman–Crippen LogP) is 5.00. The van der Waals surface area contributed by atoms with Gasteiger partial charge in [-0.1, -0.05) is 23.7 Å². The minimum atomic E-state index is 0.504. The summed E-state index contributed by atoms with van der Waals surface area (Å²) in [5.41, 5.74) is 8.88. The molecule has 4 rings (SSSR count). The summed E-state index contributed by atoms with van der Waals surface area (Å²) in [6.45, 7) is 0. The standard InChI is InChI=1S/C19H15ClN4/c20-13-7-9-14(10-8-13)22-16-3-1-4-17-15(16)11-12-24(17)19-6-2-5-18(21)23-19/h1-12,22H,(H2,21,23). The third-order valence-corrected chi connectivity index (χ3v) is 4.11. The van der Waals surface area contributed by atoms with E-state index in [1.165, 1.54) is 0 Å². The Kier molecular flexibility index (Phi) is 3.59. The van der Waals surface area contributed by atoms with Crippen LogP contribution in [0.3, 0.4) is 0 Å². The highest BCUT2D eigenvalue weighted by Gasteiger charge is 2.08. The molecule has 0 bridgehead atoms. The predicted molar refractivity (Wildman–Crippen MR) is 100 cm³/mol. The van der Waals surface area contributed by atoms with Crippen LogP contribution in [0.1, 0.15) is 0 Å². The van der Waals surface area contributed by atoms with Gasteiger partial charge in [-0.05, 0) is 54.6 Å². The van der Waals surface area contributed by atoms with Crippen LogP contribution in [0.5, 0.6) is 0 Å². The van der Waals surface area contributed by atoms with Crippen molar-refractivity contribution >= 4 is 39.7 Å². The lowest BCUT2D eigenvalue weighted by Crippen LogP contribution is -1.98. The number of nitrogen functional groups attached to an aromatic ring is 1. The molecule has 0 saturated carbocycles. The molecule has 0 aliphatic rings. The Morgan fingerprint density at radius 1 is 0.917 bits per heavy atom. The Morgan fingerprint density at radius 3 is 2.50 bits per heavy atom. The molecule has 0 amide bonds. The highest BCUT2D eigenvalue weighted by molar-refractivity contribution is 6.30. The largest absolute Gasteiger partial charge is 0.384 e. The molecule has 2 aromatic carbocycles. The smallest absolute Gasteiger partial charge is 0.139 e. The second kappa shape index (κ2) is 5.91. The number of halogens is 1. The molecule has 0 spiro atoms. The molecule has 0 atom stereocenters. The van der Waals surface area contributed by atoms with E-state index in [0.717, 1.165) is 33.1 Å². The van der Waals surface area contributed by atoms with Crippen LogP contribution in [-0.2, 0) is 0 Å². The molecule has 0 aliphatic heterocycles. The molecule has 5 heteroatoms. The zero-order valence-electron chi connectivity index (χ0n) is 12.8. The molecular weight excluding hydrogens is 320 g/mol. The molecule has 0 unspecified atom stereocenters. The summed E-state index contributed by atoms with van der Waals surface area (Å²) >= 11 is 5.95. The lowest BCUT2D eigenvalue weighted by molar-refractivity contribution is 1.05. The van der Waals surface area contributed by atoms with E-state index in [1.54, 1.807) is 6.07 Å². The summed E-state index contributed by atoms with van der Waals surface area (Å²) in [5, 5.41) is 5.26. The van der Waals surface area contributed by atoms with E-state index in [4.69, 9.17) is 17.3 Å². The van der Waals surface area contributed by atoms with Crippen molar-refractivity contribution in [3.63, 3.8) is 0 Å². The molecule has 2 heterocycles. The van der Waals surface area contributed by atoms with Gasteiger partial charge in [0.2, 0.25) is 0 Å². The normalized spacial score (nSPS) is 10.9. The lowest BCUT2D eigenvalue weighted by Gasteiger charge is -2.09. The van der Waals surface area contributed by atoms with E-state index in [1.807, 2.05) is 59.3 Å². The minimum Gasteiger partial charge on any atom is -0.384 e. The number of nitrogens with two attached hydrogens (primary N) is 1. The van der Waals surface area contributed by atoms with Gasteiger partial charge >= 0.3 is 0 Å². The fourth-order valence-corrected chi connectivity index (χ4v) is 2.86. The number of pyridine rings is 1. The van der Waals surface area contributed by atoms with Crippen LogP contribution in [0.25, 0.3) is 16.7 Å². The Bertz CT molecular complexity index is 1010. The Morgan fingerprint density at radius 2 is 1.71 bits per heavy atom. The molecule has 4 nitrogen and oxygen atoms in total. The van der Waals surface area contributed by atoms with Gasteiger partial charge in [0.05, 0.1) is 5.52 Å². The van der Waals surface area contributed by atoms with Gasteiger partial charge < -0.3 is 15.6 Å². The van der Waals surface area contributed by atoms with Crippen molar-refractivity contribution in [1.29, 1.82) is 0 Å². The Balaban J connectivity index is 1.77. The first-order chi connectivity index (χ1) is 11.7. The van der Waals surface area contributed by atoms with E-state index in [2.05, 4.69) is 22.4 Å². The molecule has 0 aliphatic carbocycles. The maximum atomic E-state index is 5.95. The van der Waals surface area contributed by atoms with Gasteiger partial charge in [0.25, 0.3) is 0 Å². The van der Waals surface area contributed by atoms with Gasteiger partial charge in [0.15, 0.2) is 0 Å². The van der Waals surface area contributed by atoms with E-state index in [9.17, 15) is 0 Å². The summed E-state index contributed by atoms with van der Waals surface area (Å²) in [5.74, 6) is 1.30.